The summed E-state index contributed by atoms with van der Waals surface area (Å²) in [6, 6.07) is 5.20. The van der Waals surface area contributed by atoms with Crippen molar-refractivity contribution >= 4 is 28.9 Å². The van der Waals surface area contributed by atoms with Crippen LogP contribution in [-0.4, -0.2) is 11.1 Å². The SMILES string of the molecule is O=[N+]([O-])c1cc(C2CC(c3cc(Cl)cc(Cl)c3)(C(F)(F)F)ON2)ccc1F. The lowest BCUT2D eigenvalue weighted by atomic mass is 9.85. The van der Waals surface area contributed by atoms with Crippen LogP contribution < -0.4 is 5.48 Å². The van der Waals surface area contributed by atoms with Crippen molar-refractivity contribution < 1.29 is 27.3 Å². The zero-order valence-electron chi connectivity index (χ0n) is 13.2. The van der Waals surface area contributed by atoms with Crippen LogP contribution in [0, 0.1) is 15.9 Å². The molecule has 2 unspecified atom stereocenters. The summed E-state index contributed by atoms with van der Waals surface area (Å²) in [5, 5.41) is 10.9. The van der Waals surface area contributed by atoms with Crippen molar-refractivity contribution in [3.63, 3.8) is 0 Å². The largest absolute Gasteiger partial charge is 0.423 e. The van der Waals surface area contributed by atoms with Gasteiger partial charge in [-0.3, -0.25) is 15.0 Å². The van der Waals surface area contributed by atoms with Crippen molar-refractivity contribution in [1.29, 1.82) is 0 Å². The number of rotatable bonds is 3. The van der Waals surface area contributed by atoms with Crippen molar-refractivity contribution in [3.8, 4) is 0 Å². The third-order valence-corrected chi connectivity index (χ3v) is 4.66. The predicted octanol–water partition coefficient (Wildman–Crippen LogP) is 5.46. The van der Waals surface area contributed by atoms with Gasteiger partial charge in [0.2, 0.25) is 11.4 Å². The Labute approximate surface area is 159 Å². The second-order valence-corrected chi connectivity index (χ2v) is 6.80. The molecular weight excluding hydrogens is 415 g/mol. The molecule has 1 aliphatic rings. The molecule has 1 saturated heterocycles. The maximum absolute atomic E-state index is 13.9. The van der Waals surface area contributed by atoms with Crippen LogP contribution in [0.4, 0.5) is 23.2 Å². The van der Waals surface area contributed by atoms with E-state index in [1.54, 1.807) is 0 Å². The van der Waals surface area contributed by atoms with Crippen LogP contribution >= 0.6 is 23.2 Å². The number of nitro benzene ring substituents is 1. The second-order valence-electron chi connectivity index (χ2n) is 5.93. The summed E-state index contributed by atoms with van der Waals surface area (Å²) in [6.45, 7) is 0. The monoisotopic (exact) mass is 424 g/mol. The minimum atomic E-state index is -4.85. The van der Waals surface area contributed by atoms with E-state index >= 15 is 0 Å². The summed E-state index contributed by atoms with van der Waals surface area (Å²) in [6.07, 6.45) is -5.51. The molecule has 0 spiro atoms. The lowest BCUT2D eigenvalue weighted by Gasteiger charge is -2.30. The van der Waals surface area contributed by atoms with E-state index in [2.05, 4.69) is 5.48 Å². The van der Waals surface area contributed by atoms with Gasteiger partial charge in [0.05, 0.1) is 11.0 Å². The van der Waals surface area contributed by atoms with Crippen LogP contribution in [0.2, 0.25) is 10.0 Å². The molecule has 0 radical (unpaired) electrons. The first kappa shape index (κ1) is 19.8. The standard InChI is InChI=1S/C16H10Cl2F4N2O3/c17-10-4-9(5-11(18)6-10)15(16(20,21)22)7-13(23-27-15)8-1-2-12(19)14(3-8)24(25)26/h1-6,13,23H,7H2. The van der Waals surface area contributed by atoms with Gasteiger partial charge in [-0.2, -0.15) is 23.0 Å². The molecule has 27 heavy (non-hydrogen) atoms. The number of hydroxylamine groups is 1. The molecule has 1 aliphatic heterocycles. The Hall–Kier alpha value is -1.94. The second kappa shape index (κ2) is 6.90. The van der Waals surface area contributed by atoms with Gasteiger partial charge in [0, 0.05) is 22.5 Å². The lowest BCUT2D eigenvalue weighted by molar-refractivity contribution is -0.387. The fraction of sp³-hybridized carbons (Fsp3) is 0.250. The molecule has 2 atom stereocenters. The van der Waals surface area contributed by atoms with Crippen LogP contribution in [-0.2, 0) is 10.4 Å². The highest BCUT2D eigenvalue weighted by atomic mass is 35.5. The maximum atomic E-state index is 13.9. The van der Waals surface area contributed by atoms with E-state index in [9.17, 15) is 27.7 Å². The molecule has 11 heteroatoms. The average molecular weight is 425 g/mol. The highest BCUT2D eigenvalue weighted by Crippen LogP contribution is 2.51. The molecule has 3 rings (SSSR count). The minimum Gasteiger partial charge on any atom is -0.280 e. The Morgan fingerprint density at radius 3 is 2.37 bits per heavy atom. The van der Waals surface area contributed by atoms with Crippen molar-refractivity contribution in [2.45, 2.75) is 24.2 Å². The number of nitrogens with zero attached hydrogens (tertiary/aromatic N) is 1. The van der Waals surface area contributed by atoms with E-state index in [-0.39, 0.29) is 21.2 Å². The zero-order chi connectivity index (χ0) is 20.0. The summed E-state index contributed by atoms with van der Waals surface area (Å²) in [4.78, 5) is 14.9. The first-order valence-corrected chi connectivity index (χ1v) is 8.20. The van der Waals surface area contributed by atoms with Crippen molar-refractivity contribution in [3.05, 3.63) is 73.5 Å². The number of hydrogen-bond acceptors (Lipinski definition) is 4. The zero-order valence-corrected chi connectivity index (χ0v) is 14.7. The highest BCUT2D eigenvalue weighted by molar-refractivity contribution is 6.34. The third kappa shape index (κ3) is 3.60. The number of halogens is 6. The molecule has 5 nitrogen and oxygen atoms in total. The van der Waals surface area contributed by atoms with Gasteiger partial charge >= 0.3 is 11.9 Å². The Balaban J connectivity index is 2.03. The Morgan fingerprint density at radius 2 is 1.81 bits per heavy atom. The van der Waals surface area contributed by atoms with Crippen molar-refractivity contribution in [2.75, 3.05) is 0 Å². The van der Waals surface area contributed by atoms with Crippen molar-refractivity contribution in [2.24, 2.45) is 0 Å². The Morgan fingerprint density at radius 1 is 1.19 bits per heavy atom. The summed E-state index contributed by atoms with van der Waals surface area (Å²) in [5.74, 6) is -1.09. The van der Waals surface area contributed by atoms with Gasteiger partial charge in [-0.05, 0) is 35.4 Å². The minimum absolute atomic E-state index is 0.00871. The fourth-order valence-electron chi connectivity index (χ4n) is 2.92. The molecule has 2 aromatic rings. The number of alkyl halides is 3. The molecule has 0 amide bonds. The van der Waals surface area contributed by atoms with Gasteiger partial charge in [-0.1, -0.05) is 29.3 Å². The van der Waals surface area contributed by atoms with E-state index in [0.29, 0.717) is 0 Å². The van der Waals surface area contributed by atoms with E-state index in [1.807, 2.05) is 0 Å². The Kier molecular flexibility index (Phi) is 5.06. The van der Waals surface area contributed by atoms with E-state index in [1.165, 1.54) is 6.07 Å². The Bertz CT molecular complexity index is 889. The van der Waals surface area contributed by atoms with Crippen LogP contribution in [0.1, 0.15) is 23.6 Å². The summed E-state index contributed by atoms with van der Waals surface area (Å²) < 4.78 is 55.2. The molecule has 1 N–H and O–H groups in total. The normalized spacial score (nSPS) is 22.8. The number of benzene rings is 2. The molecule has 0 aromatic heterocycles. The molecule has 0 saturated carbocycles. The number of nitro groups is 1. The van der Waals surface area contributed by atoms with Crippen LogP contribution in [0.5, 0.6) is 0 Å². The van der Waals surface area contributed by atoms with Gasteiger partial charge in [0.25, 0.3) is 0 Å². The van der Waals surface area contributed by atoms with Gasteiger partial charge in [-0.25, -0.2) is 0 Å². The first-order chi connectivity index (χ1) is 12.5. The van der Waals surface area contributed by atoms with Gasteiger partial charge < -0.3 is 0 Å². The molecule has 1 fully saturated rings. The smallest absolute Gasteiger partial charge is 0.280 e. The summed E-state index contributed by atoms with van der Waals surface area (Å²) in [5.41, 5.74) is -1.63. The van der Waals surface area contributed by atoms with Gasteiger partial charge in [0.1, 0.15) is 0 Å². The lowest BCUT2D eigenvalue weighted by Crippen LogP contribution is -2.42. The van der Waals surface area contributed by atoms with E-state index < -0.39 is 40.7 Å². The van der Waals surface area contributed by atoms with Gasteiger partial charge in [-0.15, -0.1) is 0 Å². The van der Waals surface area contributed by atoms with Crippen LogP contribution in [0.3, 0.4) is 0 Å². The molecule has 2 aromatic carbocycles. The fourth-order valence-corrected chi connectivity index (χ4v) is 3.44. The molecule has 144 valence electrons. The predicted molar refractivity (Wildman–Crippen MR) is 88.8 cm³/mol. The average Bonchev–Trinajstić information content (AvgIpc) is 3.00. The number of nitrogens with one attached hydrogen (secondary N) is 1. The molecule has 1 heterocycles. The molecule has 0 aliphatic carbocycles. The summed E-state index contributed by atoms with van der Waals surface area (Å²) >= 11 is 11.6. The topological polar surface area (TPSA) is 64.4 Å². The van der Waals surface area contributed by atoms with Crippen LogP contribution in [0.15, 0.2) is 36.4 Å². The van der Waals surface area contributed by atoms with E-state index in [0.717, 1.165) is 30.3 Å². The molecular formula is C16H10Cl2F4N2O3. The first-order valence-electron chi connectivity index (χ1n) is 7.44. The van der Waals surface area contributed by atoms with Gasteiger partial charge in [0.15, 0.2) is 0 Å². The van der Waals surface area contributed by atoms with Crippen LogP contribution in [0.25, 0.3) is 0 Å². The van der Waals surface area contributed by atoms with E-state index in [4.69, 9.17) is 28.0 Å². The van der Waals surface area contributed by atoms with Crippen molar-refractivity contribution in [1.82, 2.24) is 5.48 Å². The highest BCUT2D eigenvalue weighted by Gasteiger charge is 2.62. The third-order valence-electron chi connectivity index (χ3n) is 4.22. The molecule has 0 bridgehead atoms. The quantitative estimate of drug-likeness (QED) is 0.403. The maximum Gasteiger partial charge on any atom is 0.423 e. The summed E-state index contributed by atoms with van der Waals surface area (Å²) in [7, 11) is 0. The number of hydrogen-bond donors (Lipinski definition) is 1.